The van der Waals surface area contributed by atoms with Crippen LogP contribution in [0.2, 0.25) is 0 Å². The zero-order valence-electron chi connectivity index (χ0n) is 10.6. The highest BCUT2D eigenvalue weighted by Crippen LogP contribution is 2.20. The van der Waals surface area contributed by atoms with Crippen LogP contribution in [0, 0.1) is 0 Å². The number of ether oxygens (including phenoxy) is 2. The van der Waals surface area contributed by atoms with Crippen LogP contribution in [0.15, 0.2) is 29.2 Å². The van der Waals surface area contributed by atoms with Gasteiger partial charge in [-0.05, 0) is 12.1 Å². The highest BCUT2D eigenvalue weighted by atomic mass is 32.2. The molecule has 0 spiro atoms. The third kappa shape index (κ3) is 3.44. The van der Waals surface area contributed by atoms with Gasteiger partial charge in [-0.3, -0.25) is 0 Å². The molecule has 1 heterocycles. The summed E-state index contributed by atoms with van der Waals surface area (Å²) in [6.45, 7) is 0.525. The van der Waals surface area contributed by atoms with Crippen LogP contribution >= 0.6 is 0 Å². The van der Waals surface area contributed by atoms with E-state index in [0.717, 1.165) is 0 Å². The molecule has 0 bridgehead atoms. The van der Waals surface area contributed by atoms with Crippen molar-refractivity contribution in [1.82, 2.24) is 4.72 Å². The summed E-state index contributed by atoms with van der Waals surface area (Å²) in [4.78, 5) is 0.106. The van der Waals surface area contributed by atoms with Crippen molar-refractivity contribution in [3.05, 3.63) is 24.3 Å². The fourth-order valence-electron chi connectivity index (χ4n) is 1.82. The van der Waals surface area contributed by atoms with E-state index in [0.29, 0.717) is 18.8 Å². The molecule has 1 fully saturated rings. The third-order valence-electron chi connectivity index (χ3n) is 3.03. The molecule has 1 aromatic carbocycles. The number of benzene rings is 1. The topological polar surface area (TPSA) is 84.9 Å². The van der Waals surface area contributed by atoms with E-state index in [1.54, 1.807) is 12.1 Å². The fraction of sp³-hybridized carbons (Fsp3) is 0.500. The highest BCUT2D eigenvalue weighted by Gasteiger charge is 2.33. The first-order valence-electron chi connectivity index (χ1n) is 5.89. The van der Waals surface area contributed by atoms with Gasteiger partial charge in [0.05, 0.1) is 18.6 Å². The number of aliphatic hydroxyl groups is 1. The fourth-order valence-corrected chi connectivity index (χ4v) is 2.97. The molecule has 0 aliphatic carbocycles. The first-order chi connectivity index (χ1) is 8.95. The van der Waals surface area contributed by atoms with Gasteiger partial charge in [0, 0.05) is 25.6 Å². The molecule has 6 nitrogen and oxygen atoms in total. The van der Waals surface area contributed by atoms with E-state index in [1.807, 2.05) is 0 Å². The normalized spacial score (nSPS) is 23.5. The molecule has 0 unspecified atom stereocenters. The lowest BCUT2D eigenvalue weighted by Gasteiger charge is -2.20. The smallest absolute Gasteiger partial charge is 0.240 e. The minimum atomic E-state index is -3.66. The van der Waals surface area contributed by atoms with Crippen LogP contribution in [0.1, 0.15) is 6.42 Å². The molecule has 19 heavy (non-hydrogen) atoms. The molecular weight excluding hydrogens is 270 g/mol. The molecule has 1 aliphatic heterocycles. The van der Waals surface area contributed by atoms with E-state index in [1.165, 1.54) is 19.2 Å². The van der Waals surface area contributed by atoms with E-state index in [4.69, 9.17) is 9.47 Å². The van der Waals surface area contributed by atoms with E-state index in [9.17, 15) is 13.5 Å². The average Bonchev–Trinajstić information content (AvgIpc) is 2.84. The number of nitrogens with one attached hydrogen (secondary N) is 1. The van der Waals surface area contributed by atoms with Gasteiger partial charge in [0.1, 0.15) is 11.4 Å². The van der Waals surface area contributed by atoms with Crippen molar-refractivity contribution in [1.29, 1.82) is 0 Å². The van der Waals surface area contributed by atoms with Gasteiger partial charge < -0.3 is 14.6 Å². The Morgan fingerprint density at radius 1 is 1.53 bits per heavy atom. The van der Waals surface area contributed by atoms with E-state index >= 15 is 0 Å². The summed E-state index contributed by atoms with van der Waals surface area (Å²) in [6, 6.07) is 6.16. The molecule has 0 radical (unpaired) electrons. The zero-order chi connectivity index (χ0) is 13.9. The molecule has 2 rings (SSSR count). The predicted molar refractivity (Wildman–Crippen MR) is 68.6 cm³/mol. The first kappa shape index (κ1) is 14.3. The van der Waals surface area contributed by atoms with Gasteiger partial charge in [-0.15, -0.1) is 0 Å². The van der Waals surface area contributed by atoms with Gasteiger partial charge in [-0.1, -0.05) is 6.07 Å². The highest BCUT2D eigenvalue weighted by molar-refractivity contribution is 7.89. The Hall–Kier alpha value is -1.15. The van der Waals surface area contributed by atoms with E-state index < -0.39 is 15.6 Å². The molecule has 106 valence electrons. The average molecular weight is 287 g/mol. The summed E-state index contributed by atoms with van der Waals surface area (Å²) >= 11 is 0. The van der Waals surface area contributed by atoms with Crippen LogP contribution in [0.25, 0.3) is 0 Å². The maximum atomic E-state index is 12.1. The summed E-state index contributed by atoms with van der Waals surface area (Å²) in [6.07, 6.45) is 0.424. The van der Waals surface area contributed by atoms with Crippen LogP contribution in [0.5, 0.6) is 5.75 Å². The Bertz CT molecular complexity index is 537. The second-order valence-electron chi connectivity index (χ2n) is 4.53. The molecule has 1 aromatic rings. The van der Waals surface area contributed by atoms with Gasteiger partial charge >= 0.3 is 0 Å². The number of methoxy groups -OCH3 is 1. The van der Waals surface area contributed by atoms with Crippen molar-refractivity contribution in [2.75, 3.05) is 26.9 Å². The van der Waals surface area contributed by atoms with Gasteiger partial charge in [0.15, 0.2) is 0 Å². The first-order valence-corrected chi connectivity index (χ1v) is 7.37. The number of sulfonamides is 1. The van der Waals surface area contributed by atoms with Gasteiger partial charge in [-0.2, -0.15) is 0 Å². The van der Waals surface area contributed by atoms with E-state index in [2.05, 4.69) is 4.72 Å². The summed E-state index contributed by atoms with van der Waals surface area (Å²) in [5, 5.41) is 10.0. The number of hydrogen-bond donors (Lipinski definition) is 2. The quantitative estimate of drug-likeness (QED) is 0.804. The Labute approximate surface area is 112 Å². The summed E-state index contributed by atoms with van der Waals surface area (Å²) in [5.74, 6) is 0.464. The van der Waals surface area contributed by atoms with Crippen molar-refractivity contribution >= 4 is 10.0 Å². The van der Waals surface area contributed by atoms with Crippen molar-refractivity contribution in [2.24, 2.45) is 0 Å². The van der Waals surface area contributed by atoms with E-state index in [-0.39, 0.29) is 18.0 Å². The summed E-state index contributed by atoms with van der Waals surface area (Å²) in [5.41, 5.74) is -1.12. The second kappa shape index (κ2) is 5.46. The predicted octanol–water partition coefficient (Wildman–Crippen LogP) is 0.125. The largest absolute Gasteiger partial charge is 0.497 e. The summed E-state index contributed by atoms with van der Waals surface area (Å²) < 4.78 is 36.6. The Balaban J connectivity index is 2.09. The lowest BCUT2D eigenvalue weighted by molar-refractivity contribution is 0.0314. The molecule has 0 aromatic heterocycles. The number of hydrogen-bond acceptors (Lipinski definition) is 5. The molecule has 1 atom stereocenters. The van der Waals surface area contributed by atoms with Crippen molar-refractivity contribution < 1.29 is 23.0 Å². The van der Waals surface area contributed by atoms with Crippen LogP contribution in [-0.4, -0.2) is 46.0 Å². The minimum absolute atomic E-state index is 0.0630. The minimum Gasteiger partial charge on any atom is -0.497 e. The Kier molecular flexibility index (Phi) is 4.10. The van der Waals surface area contributed by atoms with Crippen LogP contribution < -0.4 is 9.46 Å². The zero-order valence-corrected chi connectivity index (χ0v) is 11.4. The third-order valence-corrected chi connectivity index (χ3v) is 4.42. The number of rotatable bonds is 5. The summed E-state index contributed by atoms with van der Waals surface area (Å²) in [7, 11) is -2.19. The molecule has 7 heteroatoms. The molecule has 2 N–H and O–H groups in total. The van der Waals surface area contributed by atoms with Crippen LogP contribution in [-0.2, 0) is 14.8 Å². The van der Waals surface area contributed by atoms with Gasteiger partial charge in [-0.25, -0.2) is 13.1 Å². The molecule has 1 aliphatic rings. The Morgan fingerprint density at radius 2 is 2.32 bits per heavy atom. The lowest BCUT2D eigenvalue weighted by atomic mass is 10.1. The molecular formula is C12H17NO5S. The van der Waals surface area contributed by atoms with Crippen molar-refractivity contribution in [2.45, 2.75) is 16.9 Å². The van der Waals surface area contributed by atoms with Crippen molar-refractivity contribution in [3.63, 3.8) is 0 Å². The van der Waals surface area contributed by atoms with Crippen molar-refractivity contribution in [3.8, 4) is 5.75 Å². The van der Waals surface area contributed by atoms with Crippen LogP contribution in [0.4, 0.5) is 0 Å². The second-order valence-corrected chi connectivity index (χ2v) is 6.30. The van der Waals surface area contributed by atoms with Gasteiger partial charge in [0.25, 0.3) is 0 Å². The molecule has 1 saturated heterocycles. The van der Waals surface area contributed by atoms with Gasteiger partial charge in [0.2, 0.25) is 10.0 Å². The lowest BCUT2D eigenvalue weighted by Crippen LogP contribution is -2.43. The van der Waals surface area contributed by atoms with Crippen LogP contribution in [0.3, 0.4) is 0 Å². The maximum Gasteiger partial charge on any atom is 0.240 e. The Morgan fingerprint density at radius 3 is 2.95 bits per heavy atom. The monoisotopic (exact) mass is 287 g/mol. The molecule has 0 saturated carbocycles. The SMILES string of the molecule is COc1cccc(S(=O)(=O)NC[C@@]2(O)CCOC2)c1. The maximum absolute atomic E-state index is 12.1. The molecule has 0 amide bonds. The standard InChI is InChI=1S/C12H17NO5S/c1-17-10-3-2-4-11(7-10)19(15,16)13-8-12(14)5-6-18-9-12/h2-4,7,13-14H,5-6,8-9H2,1H3/t12-/m0/s1.